The molecule has 4 heavy (non-hydrogen) atoms. The monoisotopic (exact) mass is 302 g/mol. The Kier molecular flexibility index (Phi) is 143. The molecule has 0 nitrogen and oxygen atoms in total. The Labute approximate surface area is 76.5 Å². The van der Waals surface area contributed by atoms with Gasteiger partial charge in [-0.1, -0.05) is 0 Å². The Morgan fingerprint density at radius 3 is 1.00 bits per heavy atom. The molecule has 0 saturated carbocycles. The molecule has 0 heterocycles. The molecule has 0 rings (SSSR count). The minimum Gasteiger partial charge on any atom is 0 e. The van der Waals surface area contributed by atoms with Crippen molar-refractivity contribution in [3.8, 4) is 0 Å². The van der Waals surface area contributed by atoms with Gasteiger partial charge in [0.25, 0.3) is 0 Å². The maximum Gasteiger partial charge on any atom is 0 e. The number of hydrogen-bond acceptors (Lipinski definition) is 0. The van der Waals surface area contributed by atoms with Crippen LogP contribution in [0.15, 0.2) is 0 Å². The van der Waals surface area contributed by atoms with Gasteiger partial charge in [0.1, 0.15) is 0 Å². The summed E-state index contributed by atoms with van der Waals surface area (Å²) in [4.78, 5) is 0. The fourth-order valence-electron chi connectivity index (χ4n) is 0. The topological polar surface area (TPSA) is 0 Å². The second-order valence-corrected chi connectivity index (χ2v) is 0. The van der Waals surface area contributed by atoms with E-state index in [0.29, 0.717) is 0 Å². The molecule has 0 unspecified atom stereocenters. The summed E-state index contributed by atoms with van der Waals surface area (Å²) in [7, 11) is 0. The van der Waals surface area contributed by atoms with Crippen molar-refractivity contribution in [1.82, 2.24) is 0 Å². The van der Waals surface area contributed by atoms with Crippen LogP contribution in [0.5, 0.6) is 0 Å². The van der Waals surface area contributed by atoms with E-state index in [1.807, 2.05) is 0 Å². The molecule has 0 aromatic rings. The van der Waals surface area contributed by atoms with Gasteiger partial charge in [-0.05, 0) is 0 Å². The van der Waals surface area contributed by atoms with Crippen LogP contribution in [0.4, 0.5) is 0 Å². The fraction of sp³-hybridized carbons (Fsp3) is 0. The maximum absolute atomic E-state index is 0. The Morgan fingerprint density at radius 2 is 1.00 bits per heavy atom. The van der Waals surface area contributed by atoms with E-state index in [-0.39, 0.29) is 77.5 Å². The minimum absolute atomic E-state index is 0. The second-order valence-electron chi connectivity index (χ2n) is 0. The van der Waals surface area contributed by atoms with Crippen molar-refractivity contribution in [3.63, 3.8) is 0 Å². The van der Waals surface area contributed by atoms with Gasteiger partial charge in [-0.3, -0.25) is 0 Å². The Hall–Kier alpha value is 2.46. The molecular formula is CuMnSnZn. The zero-order valence-corrected chi connectivity index (χ0v) is 9.83. The maximum atomic E-state index is 0. The molecule has 0 fully saturated rings. The van der Waals surface area contributed by atoms with E-state index < -0.39 is 0 Å². The summed E-state index contributed by atoms with van der Waals surface area (Å²) >= 11 is 0. The molecule has 0 spiro atoms. The molecule has 0 saturated heterocycles. The third kappa shape index (κ3) is 8.82. The Bertz CT molecular complexity index is 8.00. The predicted molar refractivity (Wildman–Crippen MR) is 5.75 cm³/mol. The van der Waals surface area contributed by atoms with Gasteiger partial charge >= 0.3 is 0 Å². The summed E-state index contributed by atoms with van der Waals surface area (Å²) in [6, 6.07) is 0. The molecule has 0 aliphatic rings. The van der Waals surface area contributed by atoms with Gasteiger partial charge in [-0.25, -0.2) is 0 Å². The Morgan fingerprint density at radius 1 is 1.00 bits per heavy atom. The molecule has 0 aromatic heterocycles. The first kappa shape index (κ1) is 31.8. The summed E-state index contributed by atoms with van der Waals surface area (Å²) in [5, 5.41) is 0. The van der Waals surface area contributed by atoms with Crippen LogP contribution in [0.3, 0.4) is 0 Å². The number of hydrogen-bond donors (Lipinski definition) is 0. The average Bonchev–Trinajstić information content (AvgIpc) is 0. The van der Waals surface area contributed by atoms with Crippen LogP contribution < -0.4 is 0 Å². The standard InChI is InChI=1S/Cu.Mn.Sn.Zn. The van der Waals surface area contributed by atoms with Crippen LogP contribution in [-0.4, -0.2) is 23.9 Å². The average molecular weight is 303 g/mol. The van der Waals surface area contributed by atoms with Crippen molar-refractivity contribution < 1.29 is 53.6 Å². The quantitative estimate of drug-likeness (QED) is 0.535. The predicted octanol–water partition coefficient (Wildman–Crippen LogP) is -0.388. The molecule has 0 aliphatic carbocycles. The molecule has 0 aliphatic heterocycles. The largest absolute Gasteiger partial charge is 0 e. The van der Waals surface area contributed by atoms with Gasteiger partial charge in [0.05, 0.1) is 0 Å². The summed E-state index contributed by atoms with van der Waals surface area (Å²) in [6.07, 6.45) is 0. The van der Waals surface area contributed by atoms with Gasteiger partial charge < -0.3 is 0 Å². The minimum atomic E-state index is 0. The summed E-state index contributed by atoms with van der Waals surface area (Å²) in [5.74, 6) is 0. The zero-order chi connectivity index (χ0) is 0. The van der Waals surface area contributed by atoms with Crippen LogP contribution >= 0.6 is 0 Å². The van der Waals surface area contributed by atoms with E-state index >= 15 is 0 Å². The molecule has 0 aromatic carbocycles. The molecule has 24 valence electrons. The van der Waals surface area contributed by atoms with Crippen LogP contribution in [-0.2, 0) is 53.6 Å². The first-order valence-electron chi connectivity index (χ1n) is 0. The van der Waals surface area contributed by atoms with Crippen LogP contribution in [0, 0.1) is 0 Å². The van der Waals surface area contributed by atoms with Gasteiger partial charge in [0.15, 0.2) is 0 Å². The molecular weight excluding hydrogens is 303 g/mol. The van der Waals surface area contributed by atoms with E-state index in [1.54, 1.807) is 0 Å². The Balaban J connectivity index is 0. The SMILES string of the molecule is [Cu].[Mn].[Sn].[Zn]. The third-order valence-corrected chi connectivity index (χ3v) is 0. The van der Waals surface area contributed by atoms with E-state index in [1.165, 1.54) is 0 Å². The van der Waals surface area contributed by atoms with Crippen LogP contribution in [0.2, 0.25) is 0 Å². The van der Waals surface area contributed by atoms with E-state index in [9.17, 15) is 0 Å². The first-order chi connectivity index (χ1) is 0. The smallest absolute Gasteiger partial charge is 0 e. The van der Waals surface area contributed by atoms with E-state index in [2.05, 4.69) is 0 Å². The van der Waals surface area contributed by atoms with Gasteiger partial charge in [-0.15, -0.1) is 0 Å². The van der Waals surface area contributed by atoms with Crippen molar-refractivity contribution in [1.29, 1.82) is 0 Å². The van der Waals surface area contributed by atoms with Crippen molar-refractivity contribution in [2.75, 3.05) is 0 Å². The summed E-state index contributed by atoms with van der Waals surface area (Å²) in [6.45, 7) is 0. The third-order valence-electron chi connectivity index (χ3n) is 0. The van der Waals surface area contributed by atoms with Crippen molar-refractivity contribution >= 4 is 23.9 Å². The molecule has 0 N–H and O–H groups in total. The molecule has 0 amide bonds. The molecule has 6 radical (unpaired) electrons. The molecule has 4 heteroatoms. The van der Waals surface area contributed by atoms with Crippen LogP contribution in [0.1, 0.15) is 0 Å². The van der Waals surface area contributed by atoms with Crippen LogP contribution in [0.25, 0.3) is 0 Å². The second kappa shape index (κ2) is 17.9. The summed E-state index contributed by atoms with van der Waals surface area (Å²) in [5.41, 5.74) is 0. The van der Waals surface area contributed by atoms with E-state index in [0.717, 1.165) is 0 Å². The zero-order valence-electron chi connectivity index (χ0n) is 1.89. The number of rotatable bonds is 0. The van der Waals surface area contributed by atoms with E-state index in [4.69, 9.17) is 0 Å². The molecule has 0 bridgehead atoms. The van der Waals surface area contributed by atoms with Crippen molar-refractivity contribution in [3.05, 3.63) is 0 Å². The van der Waals surface area contributed by atoms with Gasteiger partial charge in [0, 0.05) is 77.5 Å². The van der Waals surface area contributed by atoms with Crippen molar-refractivity contribution in [2.24, 2.45) is 0 Å². The molecule has 0 atom stereocenters. The fourth-order valence-corrected chi connectivity index (χ4v) is 0. The van der Waals surface area contributed by atoms with Gasteiger partial charge in [-0.2, -0.15) is 0 Å². The van der Waals surface area contributed by atoms with Gasteiger partial charge in [0.2, 0.25) is 0 Å². The summed E-state index contributed by atoms with van der Waals surface area (Å²) < 4.78 is 0. The normalized spacial score (nSPS) is 0. The van der Waals surface area contributed by atoms with Crippen molar-refractivity contribution in [2.45, 2.75) is 0 Å². The first-order valence-corrected chi connectivity index (χ1v) is 0.